The SMILES string of the molecule is COCCNC(=O)c1cn(CC2CC(F)CN2C(=O)c2ccc(OC)nc2)nn1. The van der Waals surface area contributed by atoms with Gasteiger partial charge in [0.05, 0.1) is 44.6 Å². The number of halogens is 1. The topological polar surface area (TPSA) is 111 Å². The molecule has 0 bridgehead atoms. The Bertz CT molecular complexity index is 843. The minimum atomic E-state index is -1.13. The molecular formula is C18H23FN6O4. The highest BCUT2D eigenvalue weighted by molar-refractivity contribution is 5.94. The first kappa shape index (κ1) is 20.6. The van der Waals surface area contributed by atoms with Crippen LogP contribution < -0.4 is 10.1 Å². The van der Waals surface area contributed by atoms with E-state index in [1.54, 1.807) is 12.1 Å². The number of pyridine rings is 1. The van der Waals surface area contributed by atoms with Gasteiger partial charge < -0.3 is 19.7 Å². The average Bonchev–Trinajstić information content (AvgIpc) is 3.34. The van der Waals surface area contributed by atoms with Gasteiger partial charge in [-0.3, -0.25) is 9.59 Å². The van der Waals surface area contributed by atoms with Crippen molar-refractivity contribution in [3.63, 3.8) is 0 Å². The molecule has 0 aliphatic carbocycles. The molecule has 1 N–H and O–H groups in total. The summed E-state index contributed by atoms with van der Waals surface area (Å²) in [6.45, 7) is 0.965. The fourth-order valence-corrected chi connectivity index (χ4v) is 3.14. The lowest BCUT2D eigenvalue weighted by molar-refractivity contribution is 0.0713. The molecule has 2 aromatic rings. The van der Waals surface area contributed by atoms with Crippen molar-refractivity contribution in [1.82, 2.24) is 30.2 Å². The Kier molecular flexibility index (Phi) is 6.70. The van der Waals surface area contributed by atoms with Gasteiger partial charge in [-0.25, -0.2) is 14.1 Å². The average molecular weight is 406 g/mol. The summed E-state index contributed by atoms with van der Waals surface area (Å²) in [4.78, 5) is 30.3. The van der Waals surface area contributed by atoms with Crippen molar-refractivity contribution in [2.45, 2.75) is 25.2 Å². The predicted molar refractivity (Wildman–Crippen MR) is 99.4 cm³/mol. The van der Waals surface area contributed by atoms with E-state index in [-0.39, 0.29) is 37.0 Å². The van der Waals surface area contributed by atoms with Crippen molar-refractivity contribution in [3.8, 4) is 5.88 Å². The Labute approximate surface area is 167 Å². The summed E-state index contributed by atoms with van der Waals surface area (Å²) in [5.41, 5.74) is 0.495. The second-order valence-corrected chi connectivity index (χ2v) is 6.61. The van der Waals surface area contributed by atoms with Gasteiger partial charge in [0.1, 0.15) is 6.17 Å². The Morgan fingerprint density at radius 1 is 1.34 bits per heavy atom. The number of carbonyl (C=O) groups excluding carboxylic acids is 2. The molecule has 10 nitrogen and oxygen atoms in total. The molecule has 1 aliphatic rings. The zero-order chi connectivity index (χ0) is 20.8. The highest BCUT2D eigenvalue weighted by Gasteiger charge is 2.36. The van der Waals surface area contributed by atoms with Gasteiger partial charge in [0, 0.05) is 32.3 Å². The second kappa shape index (κ2) is 9.41. The number of nitrogens with one attached hydrogen (secondary N) is 1. The van der Waals surface area contributed by atoms with Crippen LogP contribution >= 0.6 is 0 Å². The molecule has 0 radical (unpaired) electrons. The summed E-state index contributed by atoms with van der Waals surface area (Å²) in [7, 11) is 3.02. The van der Waals surface area contributed by atoms with E-state index in [9.17, 15) is 14.0 Å². The van der Waals surface area contributed by atoms with Crippen molar-refractivity contribution in [2.24, 2.45) is 0 Å². The quantitative estimate of drug-likeness (QED) is 0.628. The zero-order valence-corrected chi connectivity index (χ0v) is 16.2. The zero-order valence-electron chi connectivity index (χ0n) is 16.2. The molecule has 1 fully saturated rings. The number of amides is 2. The highest BCUT2D eigenvalue weighted by Crippen LogP contribution is 2.24. The lowest BCUT2D eigenvalue weighted by Crippen LogP contribution is -2.38. The van der Waals surface area contributed by atoms with E-state index in [1.807, 2.05) is 0 Å². The second-order valence-electron chi connectivity index (χ2n) is 6.61. The Balaban J connectivity index is 1.66. The molecule has 11 heteroatoms. The fraction of sp³-hybridized carbons (Fsp3) is 0.500. The Morgan fingerprint density at radius 3 is 2.86 bits per heavy atom. The van der Waals surface area contributed by atoms with E-state index < -0.39 is 12.2 Å². The van der Waals surface area contributed by atoms with E-state index in [1.165, 1.54) is 36.2 Å². The molecular weight excluding hydrogens is 383 g/mol. The highest BCUT2D eigenvalue weighted by atomic mass is 19.1. The van der Waals surface area contributed by atoms with Crippen LogP contribution in [0.1, 0.15) is 27.3 Å². The molecule has 0 saturated carbocycles. The molecule has 1 aliphatic heterocycles. The maximum Gasteiger partial charge on any atom is 0.273 e. The van der Waals surface area contributed by atoms with Crippen molar-refractivity contribution in [3.05, 3.63) is 35.8 Å². The number of methoxy groups -OCH3 is 2. The molecule has 29 heavy (non-hydrogen) atoms. The summed E-state index contributed by atoms with van der Waals surface area (Å²) in [6, 6.07) is 2.76. The van der Waals surface area contributed by atoms with Gasteiger partial charge in [0.15, 0.2) is 5.69 Å². The van der Waals surface area contributed by atoms with Crippen molar-refractivity contribution >= 4 is 11.8 Å². The first-order chi connectivity index (χ1) is 14.0. The molecule has 2 aromatic heterocycles. The number of ether oxygens (including phenoxy) is 2. The summed E-state index contributed by atoms with van der Waals surface area (Å²) in [5.74, 6) is -0.301. The van der Waals surface area contributed by atoms with Crippen LogP contribution in [-0.4, -0.2) is 82.8 Å². The van der Waals surface area contributed by atoms with E-state index in [0.717, 1.165) is 0 Å². The van der Waals surface area contributed by atoms with E-state index >= 15 is 0 Å². The van der Waals surface area contributed by atoms with E-state index in [0.29, 0.717) is 24.6 Å². The van der Waals surface area contributed by atoms with E-state index in [2.05, 4.69) is 20.6 Å². The van der Waals surface area contributed by atoms with Gasteiger partial charge in [0.2, 0.25) is 5.88 Å². The lowest BCUT2D eigenvalue weighted by Gasteiger charge is -2.24. The van der Waals surface area contributed by atoms with Crippen LogP contribution in [0.3, 0.4) is 0 Å². The maximum absolute atomic E-state index is 14.1. The first-order valence-electron chi connectivity index (χ1n) is 9.14. The van der Waals surface area contributed by atoms with Gasteiger partial charge in [-0.15, -0.1) is 5.10 Å². The van der Waals surface area contributed by atoms with Crippen LogP contribution in [0.25, 0.3) is 0 Å². The largest absolute Gasteiger partial charge is 0.481 e. The third-order valence-electron chi connectivity index (χ3n) is 4.58. The summed E-state index contributed by atoms with van der Waals surface area (Å²) in [5, 5.41) is 10.4. The fourth-order valence-electron chi connectivity index (χ4n) is 3.14. The first-order valence-corrected chi connectivity index (χ1v) is 9.14. The van der Waals surface area contributed by atoms with Crippen molar-refractivity contribution in [1.29, 1.82) is 0 Å². The minimum Gasteiger partial charge on any atom is -0.481 e. The van der Waals surface area contributed by atoms with E-state index in [4.69, 9.17) is 9.47 Å². The van der Waals surface area contributed by atoms with Gasteiger partial charge >= 0.3 is 0 Å². The number of hydrogen-bond donors (Lipinski definition) is 1. The molecule has 3 rings (SSSR count). The third kappa shape index (κ3) is 5.05. The van der Waals surface area contributed by atoms with Crippen LogP contribution in [0.5, 0.6) is 5.88 Å². The molecule has 2 atom stereocenters. The predicted octanol–water partition coefficient (Wildman–Crippen LogP) is 0.311. The minimum absolute atomic E-state index is 0.00537. The normalized spacial score (nSPS) is 18.7. The van der Waals surface area contributed by atoms with Crippen LogP contribution in [-0.2, 0) is 11.3 Å². The number of carbonyl (C=O) groups is 2. The van der Waals surface area contributed by atoms with Crippen molar-refractivity contribution < 1.29 is 23.5 Å². The maximum atomic E-state index is 14.1. The number of rotatable bonds is 8. The van der Waals surface area contributed by atoms with Gasteiger partial charge in [-0.2, -0.15) is 0 Å². The summed E-state index contributed by atoms with van der Waals surface area (Å²) < 4.78 is 25.4. The van der Waals surface area contributed by atoms with Gasteiger partial charge in [-0.05, 0) is 6.07 Å². The number of likely N-dealkylation sites (tertiary alicyclic amines) is 1. The number of hydrogen-bond acceptors (Lipinski definition) is 7. The lowest BCUT2D eigenvalue weighted by atomic mass is 10.2. The Morgan fingerprint density at radius 2 is 2.17 bits per heavy atom. The molecule has 156 valence electrons. The van der Waals surface area contributed by atoms with Crippen LogP contribution in [0.2, 0.25) is 0 Å². The summed E-state index contributed by atoms with van der Waals surface area (Å²) in [6.07, 6.45) is 1.94. The van der Waals surface area contributed by atoms with Gasteiger partial charge in [-0.1, -0.05) is 5.21 Å². The molecule has 3 heterocycles. The number of nitrogens with zero attached hydrogens (tertiary/aromatic N) is 5. The monoisotopic (exact) mass is 406 g/mol. The Hall–Kier alpha value is -3.08. The molecule has 1 saturated heterocycles. The number of aromatic nitrogens is 4. The summed E-state index contributed by atoms with van der Waals surface area (Å²) >= 11 is 0. The van der Waals surface area contributed by atoms with Crippen LogP contribution in [0.15, 0.2) is 24.5 Å². The molecule has 0 aromatic carbocycles. The van der Waals surface area contributed by atoms with Crippen LogP contribution in [0.4, 0.5) is 4.39 Å². The molecule has 0 spiro atoms. The van der Waals surface area contributed by atoms with Crippen molar-refractivity contribution in [2.75, 3.05) is 33.9 Å². The standard InChI is InChI=1S/C18H23FN6O4/c1-28-6-5-20-17(26)15-11-24(23-22-15)10-14-7-13(19)9-25(14)18(27)12-3-4-16(29-2)21-8-12/h3-4,8,11,13-14H,5-7,9-10H2,1-2H3,(H,20,26). The third-order valence-corrected chi connectivity index (χ3v) is 4.58. The molecule has 2 unspecified atom stereocenters. The molecule has 2 amide bonds. The van der Waals surface area contributed by atoms with Crippen LogP contribution in [0, 0.1) is 0 Å². The number of alkyl halides is 1. The van der Waals surface area contributed by atoms with Gasteiger partial charge in [0.25, 0.3) is 11.8 Å². The smallest absolute Gasteiger partial charge is 0.273 e.